The lowest BCUT2D eigenvalue weighted by Gasteiger charge is -2.31. The van der Waals surface area contributed by atoms with E-state index in [9.17, 15) is 8.42 Å². The summed E-state index contributed by atoms with van der Waals surface area (Å²) in [7, 11) is -0.677. The minimum absolute atomic E-state index is 0.153. The standard InChI is InChI=1S/C19H25N3O5S/c1-25-15-7-8-17(16(11-15)26-2)28(23,24)22-9-3-4-13(12-22)10-18-20-19(21-27-18)14-5-6-14/h7-8,11,13-14H,3-6,9-10,12H2,1-2H3. The highest BCUT2D eigenvalue weighted by Gasteiger charge is 2.34. The van der Waals surface area contributed by atoms with Gasteiger partial charge in [0.25, 0.3) is 0 Å². The first kappa shape index (κ1) is 19.2. The van der Waals surface area contributed by atoms with Gasteiger partial charge >= 0.3 is 0 Å². The van der Waals surface area contributed by atoms with Crippen LogP contribution in [0.25, 0.3) is 0 Å². The minimum atomic E-state index is -3.67. The van der Waals surface area contributed by atoms with E-state index >= 15 is 0 Å². The number of aromatic nitrogens is 2. The van der Waals surface area contributed by atoms with E-state index in [1.165, 1.54) is 24.6 Å². The Morgan fingerprint density at radius 3 is 2.75 bits per heavy atom. The third-order valence-electron chi connectivity index (χ3n) is 5.36. The zero-order valence-electron chi connectivity index (χ0n) is 16.1. The van der Waals surface area contributed by atoms with Crippen molar-refractivity contribution in [1.82, 2.24) is 14.4 Å². The Bertz CT molecular complexity index is 939. The highest BCUT2D eigenvalue weighted by atomic mass is 32.2. The Kier molecular flexibility index (Phi) is 5.29. The van der Waals surface area contributed by atoms with Gasteiger partial charge in [-0.2, -0.15) is 9.29 Å². The molecule has 2 heterocycles. The first-order valence-electron chi connectivity index (χ1n) is 9.56. The van der Waals surface area contributed by atoms with Crippen LogP contribution in [0.5, 0.6) is 11.5 Å². The number of nitrogens with zero attached hydrogens (tertiary/aromatic N) is 3. The monoisotopic (exact) mass is 407 g/mol. The van der Waals surface area contributed by atoms with Gasteiger partial charge in [-0.1, -0.05) is 5.16 Å². The summed E-state index contributed by atoms with van der Waals surface area (Å²) in [5, 5.41) is 4.05. The van der Waals surface area contributed by atoms with E-state index in [-0.39, 0.29) is 16.6 Å². The molecule has 4 rings (SSSR count). The Hall–Kier alpha value is -2.13. The zero-order valence-corrected chi connectivity index (χ0v) is 16.9. The molecule has 9 heteroatoms. The van der Waals surface area contributed by atoms with Crippen molar-refractivity contribution in [3.8, 4) is 11.5 Å². The number of ether oxygens (including phenoxy) is 2. The quantitative estimate of drug-likeness (QED) is 0.696. The van der Waals surface area contributed by atoms with E-state index in [0.29, 0.717) is 37.1 Å². The Morgan fingerprint density at radius 1 is 1.21 bits per heavy atom. The summed E-state index contributed by atoms with van der Waals surface area (Å²) in [6, 6.07) is 4.76. The fraction of sp³-hybridized carbons (Fsp3) is 0.579. The molecular formula is C19H25N3O5S. The fourth-order valence-corrected chi connectivity index (χ4v) is 5.34. The minimum Gasteiger partial charge on any atom is -0.497 e. The van der Waals surface area contributed by atoms with Crippen LogP contribution >= 0.6 is 0 Å². The first-order valence-corrected chi connectivity index (χ1v) is 11.0. The molecule has 1 saturated heterocycles. The summed E-state index contributed by atoms with van der Waals surface area (Å²) < 4.78 is 43.8. The molecule has 0 amide bonds. The molecule has 1 aromatic carbocycles. The van der Waals surface area contributed by atoms with Crippen LogP contribution in [-0.4, -0.2) is 50.2 Å². The molecule has 0 N–H and O–H groups in total. The maximum absolute atomic E-state index is 13.2. The molecule has 1 aromatic heterocycles. The van der Waals surface area contributed by atoms with Gasteiger partial charge in [0.2, 0.25) is 15.9 Å². The molecule has 0 spiro atoms. The average molecular weight is 407 g/mol. The predicted octanol–water partition coefficient (Wildman–Crippen LogP) is 2.61. The van der Waals surface area contributed by atoms with Crippen LogP contribution in [0.3, 0.4) is 0 Å². The molecule has 2 fully saturated rings. The average Bonchev–Trinajstić information content (AvgIpc) is 3.47. The number of benzene rings is 1. The van der Waals surface area contributed by atoms with Crippen molar-refractivity contribution in [2.24, 2.45) is 5.92 Å². The second-order valence-electron chi connectivity index (χ2n) is 7.41. The molecule has 1 atom stereocenters. The summed E-state index contributed by atoms with van der Waals surface area (Å²) in [5.41, 5.74) is 0. The van der Waals surface area contributed by atoms with Gasteiger partial charge in [-0.25, -0.2) is 8.42 Å². The Balaban J connectivity index is 1.49. The van der Waals surface area contributed by atoms with Crippen molar-refractivity contribution < 1.29 is 22.4 Å². The van der Waals surface area contributed by atoms with Gasteiger partial charge in [-0.15, -0.1) is 0 Å². The van der Waals surface area contributed by atoms with Crippen molar-refractivity contribution >= 4 is 10.0 Å². The van der Waals surface area contributed by atoms with Gasteiger partial charge in [-0.3, -0.25) is 0 Å². The van der Waals surface area contributed by atoms with Crippen LogP contribution in [-0.2, 0) is 16.4 Å². The second-order valence-corrected chi connectivity index (χ2v) is 9.32. The van der Waals surface area contributed by atoms with Gasteiger partial charge < -0.3 is 14.0 Å². The number of piperidine rings is 1. The molecule has 8 nitrogen and oxygen atoms in total. The lowest BCUT2D eigenvalue weighted by molar-refractivity contribution is 0.246. The normalized spacial score (nSPS) is 20.9. The molecule has 2 aromatic rings. The van der Waals surface area contributed by atoms with Crippen LogP contribution < -0.4 is 9.47 Å². The molecule has 2 aliphatic rings. The van der Waals surface area contributed by atoms with Crippen LogP contribution in [0.2, 0.25) is 0 Å². The van der Waals surface area contributed by atoms with Crippen molar-refractivity contribution in [3.05, 3.63) is 29.9 Å². The van der Waals surface area contributed by atoms with Crippen LogP contribution in [0, 0.1) is 5.92 Å². The molecule has 0 radical (unpaired) electrons. The highest BCUT2D eigenvalue weighted by molar-refractivity contribution is 7.89. The van der Waals surface area contributed by atoms with Gasteiger partial charge in [0.05, 0.1) is 14.2 Å². The number of rotatable bonds is 7. The van der Waals surface area contributed by atoms with Gasteiger partial charge in [0, 0.05) is 31.5 Å². The van der Waals surface area contributed by atoms with E-state index in [4.69, 9.17) is 14.0 Å². The van der Waals surface area contributed by atoms with E-state index in [1.807, 2.05) is 0 Å². The van der Waals surface area contributed by atoms with Gasteiger partial charge in [-0.05, 0) is 43.7 Å². The number of hydrogen-bond donors (Lipinski definition) is 0. The SMILES string of the molecule is COc1ccc(S(=O)(=O)N2CCCC(Cc3nc(C4CC4)no3)C2)c(OC)c1. The summed E-state index contributed by atoms with van der Waals surface area (Å²) in [4.78, 5) is 4.64. The molecule has 1 aliphatic carbocycles. The van der Waals surface area contributed by atoms with E-state index in [0.717, 1.165) is 31.5 Å². The largest absolute Gasteiger partial charge is 0.497 e. The van der Waals surface area contributed by atoms with Crippen LogP contribution in [0.1, 0.15) is 43.3 Å². The third kappa shape index (κ3) is 3.86. The van der Waals surface area contributed by atoms with Crippen molar-refractivity contribution in [1.29, 1.82) is 0 Å². The van der Waals surface area contributed by atoms with Crippen LogP contribution in [0.15, 0.2) is 27.6 Å². The molecular weight excluding hydrogens is 382 g/mol. The number of methoxy groups -OCH3 is 2. The maximum Gasteiger partial charge on any atom is 0.246 e. The Labute approximate surface area is 164 Å². The molecule has 152 valence electrons. The Morgan fingerprint density at radius 2 is 2.04 bits per heavy atom. The number of hydrogen-bond acceptors (Lipinski definition) is 7. The third-order valence-corrected chi connectivity index (χ3v) is 7.26. The van der Waals surface area contributed by atoms with Crippen LogP contribution in [0.4, 0.5) is 0 Å². The second kappa shape index (κ2) is 7.71. The predicted molar refractivity (Wildman–Crippen MR) is 101 cm³/mol. The lowest BCUT2D eigenvalue weighted by Crippen LogP contribution is -2.40. The maximum atomic E-state index is 13.2. The van der Waals surface area contributed by atoms with Crippen molar-refractivity contribution in [3.63, 3.8) is 0 Å². The number of sulfonamides is 1. The first-order chi connectivity index (χ1) is 13.5. The summed E-state index contributed by atoms with van der Waals surface area (Å²) >= 11 is 0. The molecule has 1 saturated carbocycles. The van der Waals surface area contributed by atoms with E-state index in [1.54, 1.807) is 12.1 Å². The molecule has 28 heavy (non-hydrogen) atoms. The molecule has 1 aliphatic heterocycles. The zero-order chi connectivity index (χ0) is 19.7. The smallest absolute Gasteiger partial charge is 0.246 e. The van der Waals surface area contributed by atoms with Gasteiger partial charge in [0.15, 0.2) is 5.82 Å². The summed E-state index contributed by atoms with van der Waals surface area (Å²) in [6.07, 6.45) is 4.58. The fourth-order valence-electron chi connectivity index (χ4n) is 3.64. The molecule has 1 unspecified atom stereocenters. The van der Waals surface area contributed by atoms with Gasteiger partial charge in [0.1, 0.15) is 16.4 Å². The van der Waals surface area contributed by atoms with Crippen molar-refractivity contribution in [2.45, 2.75) is 42.9 Å². The molecule has 0 bridgehead atoms. The highest BCUT2D eigenvalue weighted by Crippen LogP contribution is 2.38. The lowest BCUT2D eigenvalue weighted by atomic mass is 9.96. The summed E-state index contributed by atoms with van der Waals surface area (Å²) in [6.45, 7) is 0.920. The van der Waals surface area contributed by atoms with E-state index < -0.39 is 10.0 Å². The van der Waals surface area contributed by atoms with E-state index in [2.05, 4.69) is 10.1 Å². The van der Waals surface area contributed by atoms with Crippen molar-refractivity contribution in [2.75, 3.05) is 27.3 Å². The topological polar surface area (TPSA) is 94.8 Å². The summed E-state index contributed by atoms with van der Waals surface area (Å²) in [5.74, 6) is 2.83.